The van der Waals surface area contributed by atoms with Gasteiger partial charge in [-0.2, -0.15) is 9.97 Å². The third kappa shape index (κ3) is 9.88. The summed E-state index contributed by atoms with van der Waals surface area (Å²) in [4.78, 5) is 30.5. The Morgan fingerprint density at radius 2 is 1.33 bits per heavy atom. The average Bonchev–Trinajstić information content (AvgIpc) is 3.71. The quantitative estimate of drug-likeness (QED) is 0.0685. The highest BCUT2D eigenvalue weighted by molar-refractivity contribution is 6.32. The van der Waals surface area contributed by atoms with Crippen LogP contribution in [-0.4, -0.2) is 94.2 Å². The van der Waals surface area contributed by atoms with Crippen LogP contribution in [0.5, 0.6) is 29.3 Å². The number of alkyl halides is 2. The molecule has 14 nitrogen and oxygen atoms in total. The van der Waals surface area contributed by atoms with Crippen LogP contribution in [-0.2, 0) is 41.9 Å². The monoisotopic (exact) mass is 846 g/mol. The Kier molecular flexibility index (Phi) is 13.9. The second-order valence-electron chi connectivity index (χ2n) is 14.0. The van der Waals surface area contributed by atoms with Crippen molar-refractivity contribution in [2.45, 2.75) is 75.8 Å². The molecule has 2 aromatic heterocycles. The van der Waals surface area contributed by atoms with Crippen molar-refractivity contribution in [1.82, 2.24) is 20.6 Å². The highest BCUT2D eigenvalue weighted by atomic mass is 35.5. The number of nitrogens with one attached hydrogen (secondary N) is 2. The van der Waals surface area contributed by atoms with Gasteiger partial charge >= 0.3 is 11.9 Å². The van der Waals surface area contributed by atoms with Crippen molar-refractivity contribution < 1.29 is 57.7 Å². The van der Waals surface area contributed by atoms with E-state index in [1.807, 2.05) is 6.07 Å². The molecule has 6 rings (SSSR count). The fourth-order valence-electron chi connectivity index (χ4n) is 7.24. The standard InChI is InChI=1S/C40H42Cl2F2N4O10/c1-55-37-19(15-45-17-22(49)12-34(51)52)8-30(41)39(47-37)57-33-7-6-25(27-10-21(43)11-29(27)33)24-4-3-5-26-28(24)14-32(44)36(26)58-40-31(42)9-20(38(48-40)56-2)16-46-18-23(50)13-35(53)54/h3-9,21-23,32,36,45-46,49-50H,10-18H2,1-2H3,(H,51,52)(H,53,54)/t21-,22+,23+,32-,36-/m1/s1. The maximum atomic E-state index is 16.0. The van der Waals surface area contributed by atoms with E-state index in [0.717, 1.165) is 11.1 Å². The van der Waals surface area contributed by atoms with E-state index in [1.165, 1.54) is 14.2 Å². The van der Waals surface area contributed by atoms with E-state index in [4.69, 9.17) is 52.4 Å². The lowest BCUT2D eigenvalue weighted by Crippen LogP contribution is -2.28. The summed E-state index contributed by atoms with van der Waals surface area (Å²) in [6.45, 7) is 0.331. The first-order valence-electron chi connectivity index (χ1n) is 18.3. The van der Waals surface area contributed by atoms with E-state index in [2.05, 4.69) is 20.6 Å². The number of methoxy groups -OCH3 is 2. The van der Waals surface area contributed by atoms with Crippen LogP contribution < -0.4 is 29.6 Å². The number of halogens is 4. The van der Waals surface area contributed by atoms with Gasteiger partial charge in [-0.25, -0.2) is 8.78 Å². The summed E-state index contributed by atoms with van der Waals surface area (Å²) in [6.07, 6.45) is -6.58. The van der Waals surface area contributed by atoms with E-state index in [1.54, 1.807) is 36.4 Å². The van der Waals surface area contributed by atoms with Gasteiger partial charge in [0.2, 0.25) is 23.5 Å². The molecule has 2 aromatic carbocycles. The normalized spacial score (nSPS) is 18.0. The third-order valence-corrected chi connectivity index (χ3v) is 10.3. The summed E-state index contributed by atoms with van der Waals surface area (Å²) in [5.74, 6) is -1.60. The van der Waals surface area contributed by atoms with Crippen LogP contribution in [0, 0.1) is 0 Å². The molecule has 0 amide bonds. The van der Waals surface area contributed by atoms with E-state index in [9.17, 15) is 19.8 Å². The zero-order chi connectivity index (χ0) is 41.7. The molecule has 0 bridgehead atoms. The number of carboxylic acid groups (broad SMARTS) is 2. The van der Waals surface area contributed by atoms with E-state index < -0.39 is 55.4 Å². The van der Waals surface area contributed by atoms with Gasteiger partial charge in [0.25, 0.3) is 0 Å². The molecule has 0 fully saturated rings. The lowest BCUT2D eigenvalue weighted by Gasteiger charge is -2.20. The zero-order valence-electron chi connectivity index (χ0n) is 31.4. The van der Waals surface area contributed by atoms with Crippen molar-refractivity contribution in [1.29, 1.82) is 0 Å². The van der Waals surface area contributed by atoms with Crippen molar-refractivity contribution in [2.75, 3.05) is 27.3 Å². The number of pyridine rings is 2. The second kappa shape index (κ2) is 18.8. The van der Waals surface area contributed by atoms with Gasteiger partial charge in [0.15, 0.2) is 6.10 Å². The maximum absolute atomic E-state index is 16.0. The summed E-state index contributed by atoms with van der Waals surface area (Å²) in [5, 5.41) is 43.6. The fourth-order valence-corrected chi connectivity index (χ4v) is 7.68. The van der Waals surface area contributed by atoms with Crippen molar-refractivity contribution in [3.05, 3.63) is 85.9 Å². The number of hydrogen-bond donors (Lipinski definition) is 6. The molecule has 0 saturated heterocycles. The van der Waals surface area contributed by atoms with E-state index >= 15 is 8.78 Å². The Bertz CT molecular complexity index is 2170. The summed E-state index contributed by atoms with van der Waals surface area (Å²) in [7, 11) is 2.81. The minimum Gasteiger partial charge on any atom is -0.481 e. The number of aliphatic hydroxyl groups is 2. The number of aromatic nitrogens is 2. The van der Waals surface area contributed by atoms with E-state index in [0.29, 0.717) is 39.1 Å². The Morgan fingerprint density at radius 1 is 0.776 bits per heavy atom. The molecule has 310 valence electrons. The Morgan fingerprint density at radius 3 is 1.91 bits per heavy atom. The number of aliphatic hydroxyl groups excluding tert-OH is 2. The number of benzene rings is 2. The Hall–Kier alpha value is -4.84. The largest absolute Gasteiger partial charge is 0.481 e. The first kappa shape index (κ1) is 42.8. The van der Waals surface area contributed by atoms with Gasteiger partial charge < -0.3 is 50.0 Å². The Balaban J connectivity index is 1.22. The number of carboxylic acids is 2. The highest BCUT2D eigenvalue weighted by Gasteiger charge is 2.38. The molecule has 2 aliphatic rings. The number of ether oxygens (including phenoxy) is 4. The minimum absolute atomic E-state index is 0.00211. The van der Waals surface area contributed by atoms with Crippen LogP contribution in [0.3, 0.4) is 0 Å². The van der Waals surface area contributed by atoms with Gasteiger partial charge in [-0.1, -0.05) is 47.5 Å². The van der Waals surface area contributed by atoms with Crippen LogP contribution >= 0.6 is 23.2 Å². The minimum atomic E-state index is -1.47. The predicted molar refractivity (Wildman–Crippen MR) is 208 cm³/mol. The second-order valence-corrected chi connectivity index (χ2v) is 14.8. The maximum Gasteiger partial charge on any atom is 0.306 e. The molecule has 0 spiro atoms. The van der Waals surface area contributed by atoms with Gasteiger partial charge in [0, 0.05) is 62.1 Å². The van der Waals surface area contributed by atoms with E-state index in [-0.39, 0.29) is 79.0 Å². The molecule has 2 heterocycles. The van der Waals surface area contributed by atoms with Crippen LogP contribution in [0.25, 0.3) is 11.1 Å². The molecule has 6 N–H and O–H groups in total. The number of carbonyl (C=O) groups is 2. The van der Waals surface area contributed by atoms with Gasteiger partial charge in [-0.15, -0.1) is 0 Å². The molecule has 4 aromatic rings. The average molecular weight is 848 g/mol. The number of fused-ring (bicyclic) bond motifs is 2. The number of nitrogens with zero attached hydrogens (tertiary/aromatic N) is 2. The molecule has 5 atom stereocenters. The number of hydrogen-bond acceptors (Lipinski definition) is 12. The molecule has 0 radical (unpaired) electrons. The summed E-state index contributed by atoms with van der Waals surface area (Å²) in [6, 6.07) is 12.0. The molecular weight excluding hydrogens is 805 g/mol. The van der Waals surface area contributed by atoms with Crippen LogP contribution in [0.4, 0.5) is 8.78 Å². The van der Waals surface area contributed by atoms with Crippen molar-refractivity contribution in [2.24, 2.45) is 0 Å². The van der Waals surface area contributed by atoms with Gasteiger partial charge in [0.1, 0.15) is 28.1 Å². The Labute approximate surface area is 342 Å². The molecule has 0 saturated carbocycles. The van der Waals surface area contributed by atoms with Crippen LogP contribution in [0.2, 0.25) is 10.0 Å². The zero-order valence-corrected chi connectivity index (χ0v) is 32.9. The van der Waals surface area contributed by atoms with Gasteiger partial charge in [-0.3, -0.25) is 9.59 Å². The summed E-state index contributed by atoms with van der Waals surface area (Å²) < 4.78 is 54.4. The SMILES string of the molecule is COc1nc(Oc2ccc(-c3cccc4c3C[C@@H](F)[C@@H]4Oc3nc(OC)c(CNC[C@@H](O)CC(=O)O)cc3Cl)c3c2C[C@H](F)C3)c(Cl)cc1CNC[C@@H](O)CC(=O)O. The lowest BCUT2D eigenvalue weighted by molar-refractivity contribution is -0.140. The molecule has 0 aliphatic heterocycles. The summed E-state index contributed by atoms with van der Waals surface area (Å²) >= 11 is 13.1. The fraction of sp³-hybridized carbons (Fsp3) is 0.400. The molecule has 58 heavy (non-hydrogen) atoms. The van der Waals surface area contributed by atoms with Crippen LogP contribution in [0.15, 0.2) is 42.5 Å². The van der Waals surface area contributed by atoms with Crippen molar-refractivity contribution in [3.63, 3.8) is 0 Å². The van der Waals surface area contributed by atoms with Crippen molar-refractivity contribution in [3.8, 4) is 40.4 Å². The van der Waals surface area contributed by atoms with Gasteiger partial charge in [-0.05, 0) is 46.0 Å². The molecule has 18 heteroatoms. The first-order chi connectivity index (χ1) is 27.8. The molecule has 2 aliphatic carbocycles. The highest BCUT2D eigenvalue weighted by Crippen LogP contribution is 2.47. The number of aliphatic carboxylic acids is 2. The predicted octanol–water partition coefficient (Wildman–Crippen LogP) is 5.56. The topological polar surface area (TPSA) is 202 Å². The van der Waals surface area contributed by atoms with Gasteiger partial charge in [0.05, 0.1) is 39.3 Å². The lowest BCUT2D eigenvalue weighted by atomic mass is 9.91. The summed E-state index contributed by atoms with van der Waals surface area (Å²) in [5.41, 5.74) is 5.08. The molecular formula is C40H42Cl2F2N4O10. The molecule has 0 unspecified atom stereocenters. The smallest absolute Gasteiger partial charge is 0.306 e. The first-order valence-corrected chi connectivity index (χ1v) is 19.1. The van der Waals surface area contributed by atoms with Crippen LogP contribution in [0.1, 0.15) is 52.3 Å². The van der Waals surface area contributed by atoms with Crippen molar-refractivity contribution >= 4 is 35.1 Å². The number of rotatable bonds is 19. The third-order valence-electron chi connectivity index (χ3n) is 9.79.